The van der Waals surface area contributed by atoms with E-state index in [1.54, 1.807) is 0 Å². The summed E-state index contributed by atoms with van der Waals surface area (Å²) >= 11 is 0. The summed E-state index contributed by atoms with van der Waals surface area (Å²) in [5.74, 6) is 1.18. The second-order valence-electron chi connectivity index (χ2n) is 13.4. The number of hydrogen-bond donors (Lipinski definition) is 0. The van der Waals surface area contributed by atoms with Gasteiger partial charge in [0.05, 0.1) is 19.8 Å². The van der Waals surface area contributed by atoms with Crippen LogP contribution in [0.4, 0.5) is 0 Å². The lowest BCUT2D eigenvalue weighted by atomic mass is 9.55. The van der Waals surface area contributed by atoms with E-state index < -0.39 is 0 Å². The quantitative estimate of drug-likeness (QED) is 0.0966. The van der Waals surface area contributed by atoms with Crippen LogP contribution < -0.4 is 0 Å². The van der Waals surface area contributed by atoms with Gasteiger partial charge in [0.2, 0.25) is 0 Å². The maximum Gasteiger partial charge on any atom is 0.302 e. The Balaban J connectivity index is 0.000000618. The van der Waals surface area contributed by atoms with Crippen LogP contribution in [0.5, 0.6) is 0 Å². The molecule has 0 aliphatic heterocycles. The molecule has 3 fully saturated rings. The lowest BCUT2D eigenvalue weighted by Crippen LogP contribution is -2.46. The Hall–Kier alpha value is -3.47. The average Bonchev–Trinajstić information content (AvgIpc) is 2.92. The molecule has 8 heteroatoms. The Morgan fingerprint density at radius 1 is 0.773 bits per heavy atom. The van der Waals surface area contributed by atoms with Crippen molar-refractivity contribution in [3.05, 3.63) is 47.9 Å². The number of carbonyl (C=O) groups is 5. The largest absolute Gasteiger partial charge is 0.466 e. The normalized spacial score (nSPS) is 24.2. The van der Waals surface area contributed by atoms with E-state index in [2.05, 4.69) is 66.2 Å². The second kappa shape index (κ2) is 17.7. The van der Waals surface area contributed by atoms with E-state index in [0.29, 0.717) is 43.5 Å². The highest BCUT2D eigenvalue weighted by Crippen LogP contribution is 2.52. The minimum absolute atomic E-state index is 0.00624. The molecule has 8 nitrogen and oxygen atoms in total. The molecule has 0 amide bonds. The van der Waals surface area contributed by atoms with Gasteiger partial charge in [0.25, 0.3) is 0 Å². The third-order valence-electron chi connectivity index (χ3n) is 9.45. The Morgan fingerprint density at radius 2 is 1.20 bits per heavy atom. The third-order valence-corrected chi connectivity index (χ3v) is 9.45. The van der Waals surface area contributed by atoms with Gasteiger partial charge in [-0.2, -0.15) is 0 Å². The summed E-state index contributed by atoms with van der Waals surface area (Å²) in [6.45, 7) is 29.7. The molecule has 3 saturated carbocycles. The number of hydrogen-bond acceptors (Lipinski definition) is 8. The lowest BCUT2D eigenvalue weighted by molar-refractivity contribution is -0.148. The zero-order valence-electron chi connectivity index (χ0n) is 28.6. The third kappa shape index (κ3) is 11.9. The van der Waals surface area contributed by atoms with Crippen molar-refractivity contribution in [2.45, 2.75) is 88.5 Å². The van der Waals surface area contributed by atoms with Crippen LogP contribution in [0.2, 0.25) is 0 Å². The summed E-state index contributed by atoms with van der Waals surface area (Å²) in [5.41, 5.74) is 8.59. The molecule has 0 aromatic rings. The monoisotopic (exact) mass is 614 g/mol. The number of ketones is 1. The standard InChI is InChI=1S/C13H18O3.C12H18O2.C10H16O2.CH2O/c1-9(14)5-6-11-7-12(13(11,3)4)8-16-10(2)15;1-5-6-10-7-11(12(10,3)4)8-14-9(2)13;1-7-5-9(10(7,3)4)6-12-8(2)11;1-2/h5,12H,7-8H2,1-4H3;6,10-11H,1,7-8H2,2-4H3;9H,1,5-6H2,2-4H3;1H2. The molecule has 0 spiro atoms. The van der Waals surface area contributed by atoms with E-state index in [4.69, 9.17) is 19.0 Å². The van der Waals surface area contributed by atoms with Gasteiger partial charge in [0, 0.05) is 38.7 Å². The Morgan fingerprint density at radius 3 is 1.52 bits per heavy atom. The smallest absolute Gasteiger partial charge is 0.302 e. The molecule has 0 bridgehead atoms. The van der Waals surface area contributed by atoms with Crippen LogP contribution in [0.25, 0.3) is 0 Å². The maximum atomic E-state index is 10.8. The number of esters is 3. The summed E-state index contributed by atoms with van der Waals surface area (Å²) in [6.07, 6.45) is 6.41. The first-order valence-electron chi connectivity index (χ1n) is 15.0. The molecular weight excluding hydrogens is 560 g/mol. The number of carbonyl (C=O) groups excluding carboxylic acids is 5. The van der Waals surface area contributed by atoms with Crippen molar-refractivity contribution in [2.24, 2.45) is 39.9 Å². The van der Waals surface area contributed by atoms with E-state index in [0.717, 1.165) is 24.8 Å². The van der Waals surface area contributed by atoms with E-state index in [-0.39, 0.29) is 39.9 Å². The number of ether oxygens (including phenoxy) is 3. The van der Waals surface area contributed by atoms with Gasteiger partial charge in [-0.1, -0.05) is 60.3 Å². The van der Waals surface area contributed by atoms with Gasteiger partial charge in [-0.3, -0.25) is 19.2 Å². The minimum Gasteiger partial charge on any atom is -0.466 e. The molecular formula is C36H54O8. The second-order valence-corrected chi connectivity index (χ2v) is 13.4. The van der Waals surface area contributed by atoms with Crippen molar-refractivity contribution in [3.8, 4) is 0 Å². The summed E-state index contributed by atoms with van der Waals surface area (Å²) in [4.78, 5) is 50.7. The van der Waals surface area contributed by atoms with Crippen LogP contribution in [0.1, 0.15) is 88.5 Å². The van der Waals surface area contributed by atoms with E-state index >= 15 is 0 Å². The number of allylic oxidation sites excluding steroid dienone is 3. The zero-order valence-corrected chi connectivity index (χ0v) is 28.6. The van der Waals surface area contributed by atoms with Gasteiger partial charge in [-0.25, -0.2) is 0 Å². The predicted molar refractivity (Wildman–Crippen MR) is 171 cm³/mol. The van der Waals surface area contributed by atoms with Gasteiger partial charge in [0.1, 0.15) is 6.79 Å². The molecule has 0 aromatic heterocycles. The first-order chi connectivity index (χ1) is 20.3. The fraction of sp³-hybridized carbons (Fsp3) is 0.639. The molecule has 0 saturated heterocycles. The summed E-state index contributed by atoms with van der Waals surface area (Å²) in [7, 11) is 0. The first kappa shape index (κ1) is 40.5. The van der Waals surface area contributed by atoms with Crippen molar-refractivity contribution in [2.75, 3.05) is 19.8 Å². The predicted octanol–water partition coefficient (Wildman–Crippen LogP) is 6.79. The topological polar surface area (TPSA) is 113 Å². The van der Waals surface area contributed by atoms with Crippen molar-refractivity contribution >= 4 is 30.5 Å². The molecule has 3 aliphatic rings. The molecule has 3 rings (SSSR count). The van der Waals surface area contributed by atoms with Gasteiger partial charge in [0.15, 0.2) is 5.78 Å². The van der Waals surface area contributed by atoms with E-state index in [9.17, 15) is 19.2 Å². The molecule has 44 heavy (non-hydrogen) atoms. The summed E-state index contributed by atoms with van der Waals surface area (Å²) in [5, 5.41) is 0. The fourth-order valence-electron chi connectivity index (χ4n) is 5.24. The highest BCUT2D eigenvalue weighted by atomic mass is 16.5. The van der Waals surface area contributed by atoms with Crippen LogP contribution in [0.15, 0.2) is 47.9 Å². The number of rotatable bonds is 8. The van der Waals surface area contributed by atoms with Crippen molar-refractivity contribution < 1.29 is 38.2 Å². The zero-order chi connectivity index (χ0) is 34.5. The molecule has 0 heterocycles. The van der Waals surface area contributed by atoms with Crippen molar-refractivity contribution in [1.82, 2.24) is 0 Å². The van der Waals surface area contributed by atoms with Gasteiger partial charge >= 0.3 is 17.9 Å². The van der Waals surface area contributed by atoms with Crippen molar-refractivity contribution in [1.29, 1.82) is 0 Å². The molecule has 3 aliphatic carbocycles. The van der Waals surface area contributed by atoms with Gasteiger partial charge in [-0.05, 0) is 65.9 Å². The highest BCUT2D eigenvalue weighted by molar-refractivity contribution is 5.87. The van der Waals surface area contributed by atoms with Crippen LogP contribution in [0.3, 0.4) is 0 Å². The first-order valence-corrected chi connectivity index (χ1v) is 15.0. The lowest BCUT2D eigenvalue weighted by Gasteiger charge is -2.50. The van der Waals surface area contributed by atoms with Crippen LogP contribution in [-0.2, 0) is 38.2 Å². The molecule has 4 atom stereocenters. The molecule has 246 valence electrons. The molecule has 0 aromatic carbocycles. The van der Waals surface area contributed by atoms with Crippen LogP contribution >= 0.6 is 0 Å². The van der Waals surface area contributed by atoms with Crippen molar-refractivity contribution in [3.63, 3.8) is 0 Å². The summed E-state index contributed by atoms with van der Waals surface area (Å²) in [6, 6.07) is 0. The minimum atomic E-state index is -0.243. The summed E-state index contributed by atoms with van der Waals surface area (Å²) < 4.78 is 15.0. The van der Waals surface area contributed by atoms with Gasteiger partial charge in [-0.15, -0.1) is 11.5 Å². The highest BCUT2D eigenvalue weighted by Gasteiger charge is 2.47. The van der Waals surface area contributed by atoms with Gasteiger partial charge < -0.3 is 19.0 Å². The average molecular weight is 615 g/mol. The van der Waals surface area contributed by atoms with Crippen LogP contribution in [0, 0.1) is 39.9 Å². The van der Waals surface area contributed by atoms with E-state index in [1.807, 2.05) is 12.9 Å². The Bertz CT molecular complexity index is 1160. The SMILES string of the molecule is C=C1CC(COC(C)=O)C1(C)C.C=C=CC1CC(COC(C)=O)C1(C)C.C=O.CC(=O)C=C=C1CC(COC(C)=O)C1(C)C. The molecule has 0 N–H and O–H groups in total. The molecule has 4 unspecified atom stereocenters. The maximum absolute atomic E-state index is 10.8. The Labute approximate surface area is 264 Å². The van der Waals surface area contributed by atoms with Crippen LogP contribution in [-0.4, -0.2) is 50.3 Å². The fourth-order valence-corrected chi connectivity index (χ4v) is 5.24. The Kier molecular flexibility index (Phi) is 16.3. The molecule has 0 radical (unpaired) electrons. The van der Waals surface area contributed by atoms with E-state index in [1.165, 1.54) is 39.3 Å².